The molecule has 0 aliphatic heterocycles. The number of carboxylic acids is 1. The second kappa shape index (κ2) is 6.13. The summed E-state index contributed by atoms with van der Waals surface area (Å²) in [5.41, 5.74) is 0. The molecule has 0 saturated heterocycles. The number of carboxylic acid groups (broad SMARTS) is 1. The predicted octanol–water partition coefficient (Wildman–Crippen LogP) is -1.09. The number of hydrogen-bond donors (Lipinski definition) is 2. The number of nitrogens with one attached hydrogen (secondary N) is 2. The number of thiophene rings is 1. The van der Waals surface area contributed by atoms with Crippen molar-refractivity contribution in [2.24, 2.45) is 0 Å². The van der Waals surface area contributed by atoms with Crippen LogP contribution >= 0.6 is 11.3 Å². The fraction of sp³-hybridized carbons (Fsp3) is 0.400. The van der Waals surface area contributed by atoms with Gasteiger partial charge in [-0.2, -0.15) is 0 Å². The molecule has 0 radical (unpaired) electrons. The lowest BCUT2D eigenvalue weighted by atomic mass is 10.4. The summed E-state index contributed by atoms with van der Waals surface area (Å²) in [4.78, 5) is 22.1. The Morgan fingerprint density at radius 1 is 1.47 bits per heavy atom. The van der Waals surface area contributed by atoms with Crippen molar-refractivity contribution in [3.63, 3.8) is 0 Å². The standard InChI is InChI=1S/C10H14N2O5S2/c1-3-11-9(13)8-4-7(5-18-8)19(16,17)12-6(2)10(14)15/h4-6,12H,3H2,1-2H3,(H,11,13)(H,14,15)/p-1/t6-/m0/s1. The monoisotopic (exact) mass is 305 g/mol. The largest absolute Gasteiger partial charge is 0.548 e. The van der Waals surface area contributed by atoms with E-state index in [9.17, 15) is 23.1 Å². The van der Waals surface area contributed by atoms with Gasteiger partial charge in [0.15, 0.2) is 0 Å². The molecule has 1 amide bonds. The Bertz CT molecular complexity index is 578. The van der Waals surface area contributed by atoms with Gasteiger partial charge in [-0.3, -0.25) is 4.79 Å². The van der Waals surface area contributed by atoms with Gasteiger partial charge in [-0.15, -0.1) is 11.3 Å². The lowest BCUT2D eigenvalue weighted by Crippen LogP contribution is -2.45. The summed E-state index contributed by atoms with van der Waals surface area (Å²) in [6.45, 7) is 3.33. The van der Waals surface area contributed by atoms with Gasteiger partial charge < -0.3 is 15.2 Å². The molecule has 2 N–H and O–H groups in total. The molecular formula is C10H13N2O5S2-. The Hall–Kier alpha value is -1.45. The first kappa shape index (κ1) is 15.6. The number of rotatable bonds is 6. The molecule has 0 saturated carbocycles. The molecule has 106 valence electrons. The molecule has 1 aromatic heterocycles. The highest BCUT2D eigenvalue weighted by atomic mass is 32.2. The van der Waals surface area contributed by atoms with Crippen molar-refractivity contribution >= 4 is 33.2 Å². The molecule has 0 aliphatic carbocycles. The van der Waals surface area contributed by atoms with Gasteiger partial charge in [-0.05, 0) is 19.9 Å². The highest BCUT2D eigenvalue weighted by Crippen LogP contribution is 2.19. The summed E-state index contributed by atoms with van der Waals surface area (Å²) >= 11 is 0.966. The van der Waals surface area contributed by atoms with Crippen LogP contribution in [0.4, 0.5) is 0 Å². The van der Waals surface area contributed by atoms with Crippen molar-refractivity contribution in [2.75, 3.05) is 6.54 Å². The van der Waals surface area contributed by atoms with E-state index in [0.29, 0.717) is 6.54 Å². The number of hydrogen-bond acceptors (Lipinski definition) is 6. The van der Waals surface area contributed by atoms with Crippen LogP contribution in [0.5, 0.6) is 0 Å². The third kappa shape index (κ3) is 4.01. The molecule has 1 heterocycles. The molecule has 0 spiro atoms. The smallest absolute Gasteiger partial charge is 0.261 e. The van der Waals surface area contributed by atoms with E-state index >= 15 is 0 Å². The van der Waals surface area contributed by atoms with Crippen molar-refractivity contribution in [1.29, 1.82) is 0 Å². The number of carbonyl (C=O) groups is 2. The van der Waals surface area contributed by atoms with Gasteiger partial charge in [0, 0.05) is 11.9 Å². The number of carbonyl (C=O) groups excluding carboxylic acids is 2. The van der Waals surface area contributed by atoms with E-state index in [1.165, 1.54) is 11.4 Å². The molecule has 0 bridgehead atoms. The minimum Gasteiger partial charge on any atom is -0.548 e. The van der Waals surface area contributed by atoms with Crippen molar-refractivity contribution in [3.8, 4) is 0 Å². The maximum Gasteiger partial charge on any atom is 0.261 e. The van der Waals surface area contributed by atoms with Gasteiger partial charge in [0.2, 0.25) is 10.0 Å². The number of sulfonamides is 1. The van der Waals surface area contributed by atoms with Crippen molar-refractivity contribution in [3.05, 3.63) is 16.3 Å². The zero-order chi connectivity index (χ0) is 14.6. The van der Waals surface area contributed by atoms with E-state index in [1.807, 2.05) is 4.72 Å². The van der Waals surface area contributed by atoms with Gasteiger partial charge in [-0.25, -0.2) is 13.1 Å². The lowest BCUT2D eigenvalue weighted by molar-refractivity contribution is -0.307. The van der Waals surface area contributed by atoms with Crippen molar-refractivity contribution in [2.45, 2.75) is 24.8 Å². The number of amides is 1. The Kier molecular flexibility index (Phi) is 5.04. The normalized spacial score (nSPS) is 12.9. The molecule has 1 atom stereocenters. The molecule has 1 aromatic rings. The second-order valence-corrected chi connectivity index (χ2v) is 6.29. The average Bonchev–Trinajstić information content (AvgIpc) is 2.78. The highest BCUT2D eigenvalue weighted by Gasteiger charge is 2.21. The van der Waals surface area contributed by atoms with Crippen LogP contribution in [0.25, 0.3) is 0 Å². The Morgan fingerprint density at radius 3 is 2.63 bits per heavy atom. The minimum absolute atomic E-state index is 0.146. The Morgan fingerprint density at radius 2 is 2.11 bits per heavy atom. The van der Waals surface area contributed by atoms with E-state index < -0.39 is 22.0 Å². The summed E-state index contributed by atoms with van der Waals surface area (Å²) in [6.07, 6.45) is 0. The van der Waals surface area contributed by atoms with Crippen LogP contribution in [0, 0.1) is 0 Å². The fourth-order valence-electron chi connectivity index (χ4n) is 1.18. The van der Waals surface area contributed by atoms with Gasteiger partial charge in [0.25, 0.3) is 5.91 Å². The van der Waals surface area contributed by atoms with Gasteiger partial charge in [0.1, 0.15) is 0 Å². The third-order valence-electron chi connectivity index (χ3n) is 2.13. The zero-order valence-corrected chi connectivity index (χ0v) is 11.9. The molecule has 0 aliphatic rings. The maximum absolute atomic E-state index is 11.8. The van der Waals surface area contributed by atoms with Crippen LogP contribution < -0.4 is 15.1 Å². The Balaban J connectivity index is 2.91. The summed E-state index contributed by atoms with van der Waals surface area (Å²) in [5.74, 6) is -1.90. The summed E-state index contributed by atoms with van der Waals surface area (Å²) in [7, 11) is -3.97. The first-order chi connectivity index (χ1) is 8.77. The Labute approximate surface area is 114 Å². The van der Waals surface area contributed by atoms with Gasteiger partial charge in [0.05, 0.1) is 21.8 Å². The van der Waals surface area contributed by atoms with E-state index in [0.717, 1.165) is 18.3 Å². The third-order valence-corrected chi connectivity index (χ3v) is 4.73. The maximum atomic E-state index is 11.8. The molecule has 7 nitrogen and oxygen atoms in total. The molecular weight excluding hydrogens is 292 g/mol. The van der Waals surface area contributed by atoms with E-state index in [-0.39, 0.29) is 15.7 Å². The predicted molar refractivity (Wildman–Crippen MR) is 67.1 cm³/mol. The SMILES string of the molecule is CCNC(=O)c1cc(S(=O)(=O)N[C@@H](C)C(=O)[O-])cs1. The van der Waals surface area contributed by atoms with Crippen molar-refractivity contribution in [1.82, 2.24) is 10.0 Å². The zero-order valence-electron chi connectivity index (χ0n) is 10.3. The van der Waals surface area contributed by atoms with E-state index in [1.54, 1.807) is 6.92 Å². The lowest BCUT2D eigenvalue weighted by Gasteiger charge is -2.13. The fourth-order valence-corrected chi connectivity index (χ4v) is 3.56. The number of aliphatic carboxylic acids is 1. The summed E-state index contributed by atoms with van der Waals surface area (Å²) < 4.78 is 25.6. The van der Waals surface area contributed by atoms with Crippen LogP contribution in [0.1, 0.15) is 23.5 Å². The van der Waals surface area contributed by atoms with E-state index in [2.05, 4.69) is 5.32 Å². The molecule has 0 unspecified atom stereocenters. The van der Waals surface area contributed by atoms with Crippen LogP contribution in [-0.4, -0.2) is 32.9 Å². The van der Waals surface area contributed by atoms with Crippen LogP contribution in [0.2, 0.25) is 0 Å². The molecule has 9 heteroatoms. The molecule has 0 aromatic carbocycles. The van der Waals surface area contributed by atoms with Crippen molar-refractivity contribution < 1.29 is 23.1 Å². The molecule has 19 heavy (non-hydrogen) atoms. The summed E-state index contributed by atoms with van der Waals surface area (Å²) in [6, 6.07) is -0.155. The minimum atomic E-state index is -3.97. The molecule has 0 fully saturated rings. The van der Waals surface area contributed by atoms with Crippen LogP contribution in [-0.2, 0) is 14.8 Å². The summed E-state index contributed by atoms with van der Waals surface area (Å²) in [5, 5.41) is 14.3. The first-order valence-corrected chi connectivity index (χ1v) is 7.74. The molecule has 1 rings (SSSR count). The van der Waals surface area contributed by atoms with E-state index in [4.69, 9.17) is 0 Å². The van der Waals surface area contributed by atoms with Crippen LogP contribution in [0.15, 0.2) is 16.3 Å². The average molecular weight is 305 g/mol. The first-order valence-electron chi connectivity index (χ1n) is 5.38. The topological polar surface area (TPSA) is 115 Å². The van der Waals surface area contributed by atoms with Gasteiger partial charge in [-0.1, -0.05) is 0 Å². The quantitative estimate of drug-likeness (QED) is 0.693. The second-order valence-electron chi connectivity index (χ2n) is 3.67. The highest BCUT2D eigenvalue weighted by molar-refractivity contribution is 7.89. The van der Waals surface area contributed by atoms with Gasteiger partial charge >= 0.3 is 0 Å². The van der Waals surface area contributed by atoms with Crippen LogP contribution in [0.3, 0.4) is 0 Å².